The molecule has 0 aromatic rings. The van der Waals surface area contributed by atoms with E-state index in [1.54, 1.807) is 6.08 Å². The molecule has 12 atom stereocenters. The average Bonchev–Trinajstić information content (AvgIpc) is 3.67. The summed E-state index contributed by atoms with van der Waals surface area (Å²) in [4.78, 5) is 13.3. The van der Waals surface area contributed by atoms with Gasteiger partial charge in [0.2, 0.25) is 5.91 Å². The van der Waals surface area contributed by atoms with Crippen LogP contribution in [0.4, 0.5) is 0 Å². The van der Waals surface area contributed by atoms with Crippen molar-refractivity contribution in [3.63, 3.8) is 0 Å². The molecule has 9 N–H and O–H groups in total. The molecule has 0 aliphatic carbocycles. The van der Waals surface area contributed by atoms with E-state index in [1.807, 2.05) is 6.08 Å². The molecule has 2 aliphatic rings. The van der Waals surface area contributed by atoms with Crippen LogP contribution in [0.25, 0.3) is 0 Å². The van der Waals surface area contributed by atoms with E-state index in [4.69, 9.17) is 18.9 Å². The van der Waals surface area contributed by atoms with Crippen molar-refractivity contribution in [2.75, 3.05) is 19.8 Å². The summed E-state index contributed by atoms with van der Waals surface area (Å²) >= 11 is 0. The van der Waals surface area contributed by atoms with Gasteiger partial charge in [-0.3, -0.25) is 4.79 Å². The van der Waals surface area contributed by atoms with Crippen LogP contribution in [0.3, 0.4) is 0 Å². The van der Waals surface area contributed by atoms with Crippen LogP contribution in [0, 0.1) is 0 Å². The van der Waals surface area contributed by atoms with Crippen LogP contribution in [0.2, 0.25) is 0 Å². The molecule has 2 heterocycles. The number of rotatable bonds is 57. The molecular formula is C68H129NO13. The van der Waals surface area contributed by atoms with E-state index in [0.29, 0.717) is 6.42 Å². The van der Waals surface area contributed by atoms with E-state index in [9.17, 15) is 45.6 Å². The van der Waals surface area contributed by atoms with Gasteiger partial charge < -0.3 is 65.1 Å². The number of carbonyl (C=O) groups is 1. The van der Waals surface area contributed by atoms with Gasteiger partial charge in [0.25, 0.3) is 0 Å². The highest BCUT2D eigenvalue weighted by Gasteiger charge is 2.51. The Morgan fingerprint density at radius 2 is 0.768 bits per heavy atom. The fourth-order valence-electron chi connectivity index (χ4n) is 11.6. The number of nitrogens with one attached hydrogen (secondary N) is 1. The predicted molar refractivity (Wildman–Crippen MR) is 332 cm³/mol. The summed E-state index contributed by atoms with van der Waals surface area (Å²) < 4.78 is 22.9. The topological polar surface area (TPSA) is 228 Å². The number of carbonyl (C=O) groups excluding carboxylic acids is 1. The van der Waals surface area contributed by atoms with Crippen LogP contribution in [0.5, 0.6) is 0 Å². The van der Waals surface area contributed by atoms with Crippen LogP contribution in [-0.2, 0) is 23.7 Å². The van der Waals surface area contributed by atoms with Crippen molar-refractivity contribution >= 4 is 5.91 Å². The summed E-state index contributed by atoms with van der Waals surface area (Å²) in [6, 6.07) is -0.913. The number of hydrogen-bond acceptors (Lipinski definition) is 13. The van der Waals surface area contributed by atoms with Crippen molar-refractivity contribution in [3.05, 3.63) is 24.3 Å². The van der Waals surface area contributed by atoms with Crippen LogP contribution in [0.15, 0.2) is 24.3 Å². The molecule has 82 heavy (non-hydrogen) atoms. The summed E-state index contributed by atoms with van der Waals surface area (Å²) in [5.74, 6) is -0.233. The normalized spacial score (nSPS) is 24.0. The first kappa shape index (κ1) is 76.6. The van der Waals surface area contributed by atoms with Gasteiger partial charge in [0.15, 0.2) is 12.6 Å². The number of aliphatic hydroxyl groups excluding tert-OH is 8. The number of allylic oxidation sites excluding steroid dienone is 3. The van der Waals surface area contributed by atoms with E-state index >= 15 is 0 Å². The first-order valence-electron chi connectivity index (χ1n) is 34.6. The number of unbranched alkanes of at least 4 members (excludes halogenated alkanes) is 42. The molecule has 0 aromatic heterocycles. The first-order chi connectivity index (χ1) is 40.1. The molecule has 2 saturated heterocycles. The minimum Gasteiger partial charge on any atom is -0.394 e. The number of hydrogen-bond donors (Lipinski definition) is 9. The Morgan fingerprint density at radius 3 is 1.16 bits per heavy atom. The molecule has 12 unspecified atom stereocenters. The maximum absolute atomic E-state index is 13.3. The number of ether oxygens (including phenoxy) is 4. The molecule has 484 valence electrons. The predicted octanol–water partition coefficient (Wildman–Crippen LogP) is 13.6. The summed E-state index contributed by atoms with van der Waals surface area (Å²) in [5, 5.41) is 87.4. The molecule has 14 nitrogen and oxygen atoms in total. The van der Waals surface area contributed by atoms with Crippen molar-refractivity contribution in [2.45, 2.75) is 383 Å². The monoisotopic (exact) mass is 1170 g/mol. The molecule has 0 radical (unpaired) electrons. The second-order valence-electron chi connectivity index (χ2n) is 24.7. The zero-order valence-corrected chi connectivity index (χ0v) is 52.5. The minimum absolute atomic E-state index is 0.233. The fourth-order valence-corrected chi connectivity index (χ4v) is 11.6. The molecule has 2 rings (SSSR count). The third-order valence-electron chi connectivity index (χ3n) is 17.1. The molecule has 0 bridgehead atoms. The zero-order valence-electron chi connectivity index (χ0n) is 52.5. The SMILES string of the molecule is CCCCCCCCCC/C=C\CCCCCCCCCCCCCCCCCC(=O)NC(COC1OC(CO)C(OC2OC(CO)C(O)C(O)C2O)C(O)C1O)C(O)/C=C/CCCCCCCCCCCCCCCCCCCCC. The van der Waals surface area contributed by atoms with Gasteiger partial charge in [-0.05, 0) is 44.9 Å². The van der Waals surface area contributed by atoms with E-state index in [0.717, 1.165) is 38.5 Å². The van der Waals surface area contributed by atoms with Gasteiger partial charge in [-0.2, -0.15) is 0 Å². The molecule has 0 aromatic carbocycles. The highest BCUT2D eigenvalue weighted by Crippen LogP contribution is 2.30. The maximum atomic E-state index is 13.3. The Hall–Kier alpha value is -1.53. The largest absolute Gasteiger partial charge is 0.394 e. The number of amides is 1. The highest BCUT2D eigenvalue weighted by molar-refractivity contribution is 5.76. The van der Waals surface area contributed by atoms with Crippen molar-refractivity contribution in [1.82, 2.24) is 5.32 Å². The van der Waals surface area contributed by atoms with Gasteiger partial charge >= 0.3 is 0 Å². The second-order valence-corrected chi connectivity index (χ2v) is 24.7. The van der Waals surface area contributed by atoms with Crippen molar-refractivity contribution in [2.24, 2.45) is 0 Å². The molecule has 2 aliphatic heterocycles. The van der Waals surface area contributed by atoms with E-state index < -0.39 is 86.8 Å². The van der Waals surface area contributed by atoms with Crippen LogP contribution < -0.4 is 5.32 Å². The van der Waals surface area contributed by atoms with Gasteiger partial charge in [0.1, 0.15) is 48.8 Å². The van der Waals surface area contributed by atoms with Gasteiger partial charge in [0.05, 0.1) is 32.0 Å². The number of aliphatic hydroxyl groups is 8. The quantitative estimate of drug-likeness (QED) is 0.0204. The second kappa shape index (κ2) is 53.7. The zero-order chi connectivity index (χ0) is 59.5. The molecular weight excluding hydrogens is 1040 g/mol. The van der Waals surface area contributed by atoms with Crippen molar-refractivity contribution < 1.29 is 64.6 Å². The van der Waals surface area contributed by atoms with Gasteiger partial charge in [-0.25, -0.2) is 0 Å². The summed E-state index contributed by atoms with van der Waals surface area (Å²) in [6.45, 7) is 2.85. The molecule has 14 heteroatoms. The van der Waals surface area contributed by atoms with E-state index in [2.05, 4.69) is 31.3 Å². The molecule has 2 fully saturated rings. The lowest BCUT2D eigenvalue weighted by atomic mass is 9.97. The lowest BCUT2D eigenvalue weighted by Crippen LogP contribution is -2.65. The maximum Gasteiger partial charge on any atom is 0.220 e. The Morgan fingerprint density at radius 1 is 0.427 bits per heavy atom. The molecule has 0 spiro atoms. The highest BCUT2D eigenvalue weighted by atomic mass is 16.7. The first-order valence-corrected chi connectivity index (χ1v) is 34.6. The molecule has 1 amide bonds. The fraction of sp³-hybridized carbons (Fsp3) is 0.926. The average molecular weight is 1170 g/mol. The van der Waals surface area contributed by atoms with Crippen molar-refractivity contribution in [1.29, 1.82) is 0 Å². The minimum atomic E-state index is -1.79. The van der Waals surface area contributed by atoms with Gasteiger partial charge in [-0.15, -0.1) is 0 Å². The summed E-state index contributed by atoms with van der Waals surface area (Å²) in [6.07, 6.45) is 49.4. The van der Waals surface area contributed by atoms with Crippen LogP contribution in [0.1, 0.15) is 309 Å². The standard InChI is InChI=1S/C68H129NO13/c1-3-5-7-9-11-13-15-17-19-21-23-25-26-27-28-29-30-32-34-36-38-40-42-44-46-48-50-52-60(73)69-56(57(72)51-49-47-45-43-41-39-37-35-33-31-24-22-20-18-16-14-12-10-8-6-4-2)55-79-67-65(78)63(76)66(59(54-71)81-67)82-68-64(77)62(75)61(74)58(53-70)80-68/h21,23,49,51,56-59,61-68,70-72,74-78H,3-20,22,24-48,50,52-55H2,1-2H3,(H,69,73)/b23-21-,51-49+. The van der Waals surface area contributed by atoms with Gasteiger partial charge in [0, 0.05) is 6.42 Å². The molecule has 0 saturated carbocycles. The third-order valence-corrected chi connectivity index (χ3v) is 17.1. The third kappa shape index (κ3) is 37.9. The Labute approximate surface area is 500 Å². The van der Waals surface area contributed by atoms with Crippen LogP contribution in [-0.4, -0.2) is 140 Å². The smallest absolute Gasteiger partial charge is 0.220 e. The Bertz CT molecular complexity index is 1470. The summed E-state index contributed by atoms with van der Waals surface area (Å²) in [7, 11) is 0. The lowest BCUT2D eigenvalue weighted by molar-refractivity contribution is -0.359. The lowest BCUT2D eigenvalue weighted by Gasteiger charge is -2.46. The Kier molecular flexibility index (Phi) is 50.1. The Balaban J connectivity index is 1.69. The van der Waals surface area contributed by atoms with Gasteiger partial charge in [-0.1, -0.05) is 282 Å². The summed E-state index contributed by atoms with van der Waals surface area (Å²) in [5.41, 5.74) is 0. The van der Waals surface area contributed by atoms with E-state index in [-0.39, 0.29) is 18.9 Å². The van der Waals surface area contributed by atoms with Crippen molar-refractivity contribution in [3.8, 4) is 0 Å². The van der Waals surface area contributed by atoms with Crippen LogP contribution >= 0.6 is 0 Å². The van der Waals surface area contributed by atoms with E-state index in [1.165, 1.54) is 244 Å².